The lowest BCUT2D eigenvalue weighted by Gasteiger charge is -2.18. The van der Waals surface area contributed by atoms with E-state index in [9.17, 15) is 19.2 Å². The van der Waals surface area contributed by atoms with Crippen molar-refractivity contribution in [2.45, 2.75) is 51.4 Å². The van der Waals surface area contributed by atoms with Crippen LogP contribution in [0.15, 0.2) is 30.3 Å². The number of carbonyl (C=O) groups is 4. The average molecular weight is 409 g/mol. The summed E-state index contributed by atoms with van der Waals surface area (Å²) in [7, 11) is 2.40. The van der Waals surface area contributed by atoms with Crippen LogP contribution in [0.4, 0.5) is 4.79 Å². The highest BCUT2D eigenvalue weighted by atomic mass is 16.6. The van der Waals surface area contributed by atoms with Gasteiger partial charge >= 0.3 is 24.0 Å². The standard InChI is InChI=1S/C20H27NO8/c1-14(9-11-18(23)28-13-15-7-5-4-6-8-15)29-20(25)21-16(19(24)27-3)10-12-17(22)26-2/h4-8,14,16H,9-13H2,1-3H3,(H,21,25)/t14-,16+/m1/s1. The fourth-order valence-electron chi connectivity index (χ4n) is 2.30. The first-order chi connectivity index (χ1) is 13.8. The summed E-state index contributed by atoms with van der Waals surface area (Å²) >= 11 is 0. The van der Waals surface area contributed by atoms with E-state index in [-0.39, 0.29) is 32.3 Å². The summed E-state index contributed by atoms with van der Waals surface area (Å²) in [5.41, 5.74) is 0.880. The second-order valence-electron chi connectivity index (χ2n) is 6.24. The van der Waals surface area contributed by atoms with Crippen LogP contribution in [0.1, 0.15) is 38.2 Å². The number of esters is 3. The van der Waals surface area contributed by atoms with E-state index in [1.54, 1.807) is 6.92 Å². The van der Waals surface area contributed by atoms with Gasteiger partial charge < -0.3 is 24.3 Å². The van der Waals surface area contributed by atoms with Crippen LogP contribution < -0.4 is 5.32 Å². The average Bonchev–Trinajstić information content (AvgIpc) is 2.73. The van der Waals surface area contributed by atoms with Crippen molar-refractivity contribution in [1.82, 2.24) is 5.32 Å². The zero-order chi connectivity index (χ0) is 21.6. The van der Waals surface area contributed by atoms with Gasteiger partial charge in [0.25, 0.3) is 0 Å². The van der Waals surface area contributed by atoms with E-state index in [2.05, 4.69) is 14.8 Å². The summed E-state index contributed by atoms with van der Waals surface area (Å²) in [5.74, 6) is -1.63. The first-order valence-electron chi connectivity index (χ1n) is 9.17. The Bertz CT molecular complexity index is 676. The van der Waals surface area contributed by atoms with Gasteiger partial charge in [-0.2, -0.15) is 0 Å². The van der Waals surface area contributed by atoms with Crippen LogP contribution in [0, 0.1) is 0 Å². The molecular formula is C20H27NO8. The number of alkyl carbamates (subject to hydrolysis) is 1. The molecule has 0 fully saturated rings. The highest BCUT2D eigenvalue weighted by Crippen LogP contribution is 2.08. The van der Waals surface area contributed by atoms with Crippen LogP contribution in [-0.2, 0) is 39.9 Å². The highest BCUT2D eigenvalue weighted by molar-refractivity contribution is 5.82. The molecule has 0 aliphatic carbocycles. The summed E-state index contributed by atoms with van der Waals surface area (Å²) in [6.45, 7) is 1.79. The van der Waals surface area contributed by atoms with Crippen LogP contribution in [0.3, 0.4) is 0 Å². The van der Waals surface area contributed by atoms with Crippen LogP contribution in [-0.4, -0.2) is 50.4 Å². The minimum atomic E-state index is -1.05. The summed E-state index contributed by atoms with van der Waals surface area (Å²) in [5, 5.41) is 2.35. The van der Waals surface area contributed by atoms with E-state index in [1.165, 1.54) is 14.2 Å². The van der Waals surface area contributed by atoms with E-state index in [1.807, 2.05) is 30.3 Å². The molecule has 0 saturated heterocycles. The van der Waals surface area contributed by atoms with E-state index in [4.69, 9.17) is 9.47 Å². The Morgan fingerprint density at radius 2 is 1.59 bits per heavy atom. The second-order valence-corrected chi connectivity index (χ2v) is 6.24. The number of hydrogen-bond acceptors (Lipinski definition) is 8. The Hall–Kier alpha value is -3.10. The number of benzene rings is 1. The van der Waals surface area contributed by atoms with Gasteiger partial charge in [-0.3, -0.25) is 9.59 Å². The first kappa shape index (κ1) is 23.9. The largest absolute Gasteiger partial charge is 0.469 e. The number of carbonyl (C=O) groups excluding carboxylic acids is 4. The lowest BCUT2D eigenvalue weighted by Crippen LogP contribution is -2.43. The van der Waals surface area contributed by atoms with Gasteiger partial charge in [-0.25, -0.2) is 9.59 Å². The number of ether oxygens (including phenoxy) is 4. The van der Waals surface area contributed by atoms with Crippen LogP contribution in [0.25, 0.3) is 0 Å². The Morgan fingerprint density at radius 3 is 2.21 bits per heavy atom. The lowest BCUT2D eigenvalue weighted by molar-refractivity contribution is -0.146. The SMILES string of the molecule is COC(=O)CC[C@H](NC(=O)O[C@H](C)CCC(=O)OCc1ccccc1)C(=O)OC. The first-order valence-corrected chi connectivity index (χ1v) is 9.17. The Balaban J connectivity index is 2.35. The van der Waals surface area contributed by atoms with Crippen LogP contribution >= 0.6 is 0 Å². The van der Waals surface area contributed by atoms with Gasteiger partial charge in [0.1, 0.15) is 18.8 Å². The maximum atomic E-state index is 12.0. The maximum Gasteiger partial charge on any atom is 0.408 e. The minimum absolute atomic E-state index is 0.00857. The van der Waals surface area contributed by atoms with Crippen molar-refractivity contribution >= 4 is 24.0 Å². The van der Waals surface area contributed by atoms with Crippen molar-refractivity contribution in [3.05, 3.63) is 35.9 Å². The van der Waals surface area contributed by atoms with Gasteiger partial charge in [-0.05, 0) is 25.3 Å². The summed E-state index contributed by atoms with van der Waals surface area (Å²) in [6.07, 6.45) is -1.17. The third kappa shape index (κ3) is 10.1. The number of hydrogen-bond donors (Lipinski definition) is 1. The predicted octanol–water partition coefficient (Wildman–Crippen LogP) is 2.12. The molecule has 1 N–H and O–H groups in total. The van der Waals surface area contributed by atoms with Crippen molar-refractivity contribution < 1.29 is 38.1 Å². The molecule has 0 aliphatic heterocycles. The van der Waals surface area contributed by atoms with Gasteiger partial charge in [-0.15, -0.1) is 0 Å². The van der Waals surface area contributed by atoms with Crippen LogP contribution in [0.2, 0.25) is 0 Å². The number of amides is 1. The minimum Gasteiger partial charge on any atom is -0.469 e. The molecule has 0 aromatic heterocycles. The molecule has 9 heteroatoms. The molecule has 29 heavy (non-hydrogen) atoms. The lowest BCUT2D eigenvalue weighted by atomic mass is 10.1. The quantitative estimate of drug-likeness (QED) is 0.436. The van der Waals surface area contributed by atoms with Crippen LogP contribution in [0.5, 0.6) is 0 Å². The number of methoxy groups -OCH3 is 2. The Morgan fingerprint density at radius 1 is 0.931 bits per heavy atom. The smallest absolute Gasteiger partial charge is 0.408 e. The van der Waals surface area contributed by atoms with Crippen molar-refractivity contribution in [2.75, 3.05) is 14.2 Å². The predicted molar refractivity (Wildman–Crippen MR) is 102 cm³/mol. The third-order valence-electron chi connectivity index (χ3n) is 3.95. The van der Waals surface area contributed by atoms with Crippen molar-refractivity contribution in [3.8, 4) is 0 Å². The molecular weight excluding hydrogens is 382 g/mol. The molecule has 1 rings (SSSR count). The molecule has 0 aliphatic rings. The molecule has 0 unspecified atom stereocenters. The highest BCUT2D eigenvalue weighted by Gasteiger charge is 2.24. The summed E-state index contributed by atoms with van der Waals surface area (Å²) in [6, 6.07) is 8.22. The van der Waals surface area contributed by atoms with E-state index < -0.39 is 36.1 Å². The molecule has 1 aromatic rings. The van der Waals surface area contributed by atoms with E-state index >= 15 is 0 Å². The molecule has 2 atom stereocenters. The molecule has 0 bridgehead atoms. The number of rotatable bonds is 11. The fourth-order valence-corrected chi connectivity index (χ4v) is 2.30. The zero-order valence-electron chi connectivity index (χ0n) is 16.8. The van der Waals surface area contributed by atoms with E-state index in [0.717, 1.165) is 5.56 Å². The third-order valence-corrected chi connectivity index (χ3v) is 3.95. The second kappa shape index (κ2) is 13.1. The maximum absolute atomic E-state index is 12.0. The molecule has 1 aromatic carbocycles. The monoisotopic (exact) mass is 409 g/mol. The molecule has 0 heterocycles. The van der Waals surface area contributed by atoms with E-state index in [0.29, 0.717) is 0 Å². The Labute approximate surface area is 169 Å². The van der Waals surface area contributed by atoms with Gasteiger partial charge in [-0.1, -0.05) is 30.3 Å². The molecule has 0 spiro atoms. The molecule has 160 valence electrons. The topological polar surface area (TPSA) is 117 Å². The van der Waals surface area contributed by atoms with Crippen molar-refractivity contribution in [3.63, 3.8) is 0 Å². The summed E-state index contributed by atoms with van der Waals surface area (Å²) < 4.78 is 19.4. The van der Waals surface area contributed by atoms with Gasteiger partial charge in [0.2, 0.25) is 0 Å². The molecule has 0 saturated carbocycles. The normalized spacial score (nSPS) is 12.2. The summed E-state index contributed by atoms with van der Waals surface area (Å²) in [4.78, 5) is 46.7. The Kier molecular flexibility index (Phi) is 10.8. The number of nitrogens with one attached hydrogen (secondary N) is 1. The molecule has 1 amide bonds. The zero-order valence-corrected chi connectivity index (χ0v) is 16.8. The van der Waals surface area contributed by atoms with Gasteiger partial charge in [0.05, 0.1) is 14.2 Å². The van der Waals surface area contributed by atoms with Gasteiger partial charge in [0.15, 0.2) is 0 Å². The van der Waals surface area contributed by atoms with Crippen molar-refractivity contribution in [1.29, 1.82) is 0 Å². The van der Waals surface area contributed by atoms with Gasteiger partial charge in [0, 0.05) is 12.8 Å². The van der Waals surface area contributed by atoms with Crippen molar-refractivity contribution in [2.24, 2.45) is 0 Å². The molecule has 0 radical (unpaired) electrons. The molecule has 9 nitrogen and oxygen atoms in total. The fraction of sp³-hybridized carbons (Fsp3) is 0.500.